The van der Waals surface area contributed by atoms with Gasteiger partial charge in [0.05, 0.1) is 5.54 Å². The molecule has 0 spiro atoms. The van der Waals surface area contributed by atoms with E-state index in [1.165, 1.54) is 18.2 Å². The Labute approximate surface area is 139 Å². The van der Waals surface area contributed by atoms with Crippen molar-refractivity contribution in [2.45, 2.75) is 24.7 Å². The lowest BCUT2D eigenvalue weighted by atomic mass is 10.3. The maximum absolute atomic E-state index is 12.2. The van der Waals surface area contributed by atoms with E-state index >= 15 is 0 Å². The minimum Gasteiger partial charge on any atom is -0.443 e. The predicted molar refractivity (Wildman–Crippen MR) is 85.5 cm³/mol. The standard InChI is InChI=1S/C13H16Cl2N2O4S/c1-2-3-8-16-13(18)17-22(19,20)11-7-5-4-6-10(11)21-12(15)9-14/h4-7,9H,2-3,8H2,1H3,(H2,16,17,18). The number of sulfonamides is 1. The van der Waals surface area contributed by atoms with Crippen LogP contribution in [0.25, 0.3) is 0 Å². The van der Waals surface area contributed by atoms with E-state index in [0.29, 0.717) is 6.54 Å². The van der Waals surface area contributed by atoms with Crippen LogP contribution in [0, 0.1) is 0 Å². The summed E-state index contributed by atoms with van der Waals surface area (Å²) in [5.74, 6) is -0.0433. The first kappa shape index (κ1) is 18.6. The molecule has 1 aromatic carbocycles. The van der Waals surface area contributed by atoms with Gasteiger partial charge < -0.3 is 10.1 Å². The van der Waals surface area contributed by atoms with Gasteiger partial charge in [-0.2, -0.15) is 0 Å². The number of rotatable bonds is 7. The molecule has 2 N–H and O–H groups in total. The van der Waals surface area contributed by atoms with Crippen molar-refractivity contribution < 1.29 is 17.9 Å². The van der Waals surface area contributed by atoms with Crippen LogP contribution < -0.4 is 14.8 Å². The van der Waals surface area contributed by atoms with E-state index < -0.39 is 16.1 Å². The molecular formula is C13H16Cl2N2O4S. The van der Waals surface area contributed by atoms with Crippen LogP contribution in [-0.4, -0.2) is 21.0 Å². The zero-order valence-electron chi connectivity index (χ0n) is 11.8. The number of amides is 2. The third kappa shape index (κ3) is 5.75. The Morgan fingerprint density at radius 2 is 2.05 bits per heavy atom. The average molecular weight is 367 g/mol. The zero-order valence-corrected chi connectivity index (χ0v) is 14.1. The second-order valence-electron chi connectivity index (χ2n) is 4.18. The number of hydrogen-bond acceptors (Lipinski definition) is 4. The number of benzene rings is 1. The second-order valence-corrected chi connectivity index (χ2v) is 6.42. The quantitative estimate of drug-likeness (QED) is 0.573. The largest absolute Gasteiger partial charge is 0.443 e. The summed E-state index contributed by atoms with van der Waals surface area (Å²) in [6.45, 7) is 2.34. The summed E-state index contributed by atoms with van der Waals surface area (Å²) < 4.78 is 31.5. The van der Waals surface area contributed by atoms with Crippen LogP contribution in [0.2, 0.25) is 0 Å². The van der Waals surface area contributed by atoms with Crippen molar-refractivity contribution in [3.05, 3.63) is 35.0 Å². The number of hydrogen-bond donors (Lipinski definition) is 2. The molecule has 1 aromatic rings. The normalized spacial score (nSPS) is 11.9. The molecule has 0 saturated heterocycles. The minimum atomic E-state index is -4.10. The van der Waals surface area contributed by atoms with Crippen LogP contribution in [0.15, 0.2) is 39.9 Å². The molecule has 0 saturated carbocycles. The number of unbranched alkanes of at least 4 members (excludes halogenated alkanes) is 1. The molecule has 0 radical (unpaired) electrons. The van der Waals surface area contributed by atoms with Crippen molar-refractivity contribution in [1.29, 1.82) is 0 Å². The van der Waals surface area contributed by atoms with Gasteiger partial charge in [-0.3, -0.25) is 0 Å². The maximum Gasteiger partial charge on any atom is 0.328 e. The topological polar surface area (TPSA) is 84.5 Å². The predicted octanol–water partition coefficient (Wildman–Crippen LogP) is 3.13. The molecule has 0 aliphatic rings. The third-order valence-electron chi connectivity index (χ3n) is 2.47. The van der Waals surface area contributed by atoms with E-state index in [9.17, 15) is 13.2 Å². The van der Waals surface area contributed by atoms with Gasteiger partial charge in [0, 0.05) is 6.54 Å². The van der Waals surface area contributed by atoms with Crippen LogP contribution in [0.3, 0.4) is 0 Å². The van der Waals surface area contributed by atoms with E-state index in [1.54, 1.807) is 6.07 Å². The zero-order chi connectivity index (χ0) is 16.6. The fraction of sp³-hybridized carbons (Fsp3) is 0.308. The van der Waals surface area contributed by atoms with Gasteiger partial charge in [0.1, 0.15) is 10.6 Å². The number of halogens is 2. The smallest absolute Gasteiger partial charge is 0.328 e. The molecule has 2 amide bonds. The van der Waals surface area contributed by atoms with Crippen LogP contribution in [0.5, 0.6) is 5.75 Å². The maximum atomic E-state index is 12.2. The Hall–Kier alpha value is -1.44. The summed E-state index contributed by atoms with van der Waals surface area (Å²) in [5, 5.41) is 2.25. The van der Waals surface area contributed by atoms with Crippen LogP contribution in [-0.2, 0) is 10.0 Å². The molecule has 6 nitrogen and oxygen atoms in total. The second kappa shape index (κ2) is 8.87. The molecular weight excluding hydrogens is 351 g/mol. The highest BCUT2D eigenvalue weighted by atomic mass is 35.5. The minimum absolute atomic E-state index is 0.0433. The fourth-order valence-corrected chi connectivity index (χ4v) is 2.66. The van der Waals surface area contributed by atoms with E-state index in [0.717, 1.165) is 18.4 Å². The Bertz CT molecular complexity index is 647. The van der Waals surface area contributed by atoms with Gasteiger partial charge in [0.2, 0.25) is 5.22 Å². The number of urea groups is 1. The monoisotopic (exact) mass is 366 g/mol. The lowest BCUT2D eigenvalue weighted by Gasteiger charge is -2.12. The van der Waals surface area contributed by atoms with E-state index in [-0.39, 0.29) is 15.9 Å². The molecule has 0 bridgehead atoms. The van der Waals surface area contributed by atoms with Crippen molar-refractivity contribution in [3.8, 4) is 5.75 Å². The summed E-state index contributed by atoms with van der Waals surface area (Å²) in [6, 6.07) is 4.94. The van der Waals surface area contributed by atoms with Crippen molar-refractivity contribution in [2.75, 3.05) is 6.54 Å². The Morgan fingerprint density at radius 3 is 2.68 bits per heavy atom. The van der Waals surface area contributed by atoms with Gasteiger partial charge in [-0.25, -0.2) is 17.9 Å². The first-order chi connectivity index (χ1) is 10.4. The summed E-state index contributed by atoms with van der Waals surface area (Å²) >= 11 is 11.0. The van der Waals surface area contributed by atoms with Crippen LogP contribution in [0.1, 0.15) is 19.8 Å². The molecule has 0 atom stereocenters. The average Bonchev–Trinajstić information content (AvgIpc) is 2.47. The molecule has 1 rings (SSSR count). The van der Waals surface area contributed by atoms with E-state index in [2.05, 4.69) is 5.32 Å². The SMILES string of the molecule is CCCCNC(=O)NS(=O)(=O)c1ccccc1OC(Cl)=CCl. The molecule has 0 fully saturated rings. The third-order valence-corrected chi connectivity index (χ3v) is 4.34. The van der Waals surface area contributed by atoms with Gasteiger partial charge in [0.25, 0.3) is 10.0 Å². The highest BCUT2D eigenvalue weighted by Gasteiger charge is 2.22. The molecule has 22 heavy (non-hydrogen) atoms. The molecule has 0 aromatic heterocycles. The summed E-state index contributed by atoms with van der Waals surface area (Å²) in [5.41, 5.74) is 0.954. The number of ether oxygens (including phenoxy) is 1. The van der Waals surface area contributed by atoms with Crippen LogP contribution >= 0.6 is 23.2 Å². The van der Waals surface area contributed by atoms with Gasteiger partial charge in [0.15, 0.2) is 0 Å². The van der Waals surface area contributed by atoms with E-state index in [4.69, 9.17) is 27.9 Å². The molecule has 122 valence electrons. The van der Waals surface area contributed by atoms with E-state index in [1.807, 2.05) is 11.6 Å². The van der Waals surface area contributed by atoms with Crippen LogP contribution in [0.4, 0.5) is 4.79 Å². The highest BCUT2D eigenvalue weighted by Crippen LogP contribution is 2.26. The van der Waals surface area contributed by atoms with Gasteiger partial charge in [-0.05, 0) is 30.2 Å². The molecule has 0 aliphatic heterocycles. The van der Waals surface area contributed by atoms with Gasteiger partial charge in [-0.1, -0.05) is 37.1 Å². The summed E-state index contributed by atoms with van der Waals surface area (Å²) in [6.07, 6.45) is 1.64. The summed E-state index contributed by atoms with van der Waals surface area (Å²) in [7, 11) is -4.10. The highest BCUT2D eigenvalue weighted by molar-refractivity contribution is 7.90. The Kier molecular flexibility index (Phi) is 7.50. The molecule has 0 unspecified atom stereocenters. The molecule has 0 heterocycles. The van der Waals surface area contributed by atoms with Crippen molar-refractivity contribution in [1.82, 2.24) is 10.0 Å². The fourth-order valence-electron chi connectivity index (χ4n) is 1.48. The van der Waals surface area contributed by atoms with Crippen molar-refractivity contribution >= 4 is 39.3 Å². The first-order valence-electron chi connectivity index (χ1n) is 6.44. The Morgan fingerprint density at radius 1 is 1.36 bits per heavy atom. The lowest BCUT2D eigenvalue weighted by Crippen LogP contribution is -2.39. The Balaban J connectivity index is 2.91. The lowest BCUT2D eigenvalue weighted by molar-refractivity contribution is 0.245. The molecule has 0 aliphatic carbocycles. The number of carbonyl (C=O) groups excluding carboxylic acids is 1. The van der Waals surface area contributed by atoms with Gasteiger partial charge >= 0.3 is 6.03 Å². The summed E-state index contributed by atoms with van der Waals surface area (Å²) in [4.78, 5) is 11.4. The van der Waals surface area contributed by atoms with Gasteiger partial charge in [-0.15, -0.1) is 0 Å². The number of nitrogens with one attached hydrogen (secondary N) is 2. The molecule has 9 heteroatoms. The first-order valence-corrected chi connectivity index (χ1v) is 8.74. The number of para-hydroxylation sites is 1. The number of carbonyl (C=O) groups is 1. The van der Waals surface area contributed by atoms with Crippen molar-refractivity contribution in [3.63, 3.8) is 0 Å². The van der Waals surface area contributed by atoms with Crippen molar-refractivity contribution in [2.24, 2.45) is 0 Å².